The average Bonchev–Trinajstić information content (AvgIpc) is 3.74. The van der Waals surface area contributed by atoms with Crippen molar-refractivity contribution in [3.8, 4) is 23.1 Å². The molecular weight excluding hydrogens is 754 g/mol. The van der Waals surface area contributed by atoms with Crippen molar-refractivity contribution in [1.29, 1.82) is 0 Å². The molecule has 3 saturated heterocycles. The van der Waals surface area contributed by atoms with E-state index in [4.69, 9.17) is 28.4 Å². The highest BCUT2D eigenvalue weighted by Crippen LogP contribution is 2.53. The lowest BCUT2D eigenvalue weighted by Crippen LogP contribution is -2.62. The van der Waals surface area contributed by atoms with E-state index < -0.39 is 112 Å². The van der Waals surface area contributed by atoms with E-state index in [9.17, 15) is 44.6 Å². The maximum Gasteiger partial charge on any atom is 0.437 e. The number of piperazine rings is 1. The van der Waals surface area contributed by atoms with E-state index >= 15 is 0 Å². The second-order valence-electron chi connectivity index (χ2n) is 14.7. The molecular formula is C37H39N5O15. The highest BCUT2D eigenvalue weighted by atomic mass is 16.7. The Morgan fingerprint density at radius 1 is 1.07 bits per heavy atom. The third-order valence-electron chi connectivity index (χ3n) is 11.6. The van der Waals surface area contributed by atoms with Crippen LogP contribution in [0.3, 0.4) is 0 Å². The number of phenols is 2. The fraction of sp³-hybridized carbons (Fsp3) is 0.486. The zero-order chi connectivity index (χ0) is 40.8. The highest BCUT2D eigenvalue weighted by molar-refractivity contribution is 6.31. The number of rotatable bonds is 7. The Balaban J connectivity index is 1.08. The van der Waals surface area contributed by atoms with E-state index in [1.807, 2.05) is 4.90 Å². The van der Waals surface area contributed by atoms with Crippen LogP contribution in [0.15, 0.2) is 24.4 Å². The number of aromatic hydroxyl groups is 2. The predicted octanol–water partition coefficient (Wildman–Crippen LogP) is 1.86. The molecule has 20 heteroatoms. The average molecular weight is 794 g/mol. The summed E-state index contributed by atoms with van der Waals surface area (Å²) < 4.78 is 36.8. The maximum atomic E-state index is 14.0. The Bertz CT molecular complexity index is 2240. The van der Waals surface area contributed by atoms with Gasteiger partial charge in [0.05, 0.1) is 56.1 Å². The quantitative estimate of drug-likeness (QED) is 0.137. The second-order valence-corrected chi connectivity index (χ2v) is 14.7. The molecule has 3 N–H and O–H groups in total. The van der Waals surface area contributed by atoms with Gasteiger partial charge in [-0.25, -0.2) is 9.69 Å². The molecule has 3 fully saturated rings. The van der Waals surface area contributed by atoms with Gasteiger partial charge in [0.15, 0.2) is 24.1 Å². The molecule has 4 heterocycles. The lowest BCUT2D eigenvalue weighted by molar-refractivity contribution is -0.396. The van der Waals surface area contributed by atoms with Crippen molar-refractivity contribution < 1.29 is 67.8 Å². The van der Waals surface area contributed by atoms with Crippen LogP contribution in [0, 0.1) is 10.1 Å². The van der Waals surface area contributed by atoms with Gasteiger partial charge in [0.1, 0.15) is 41.4 Å². The third-order valence-corrected chi connectivity index (χ3v) is 11.6. The van der Waals surface area contributed by atoms with Crippen LogP contribution in [-0.2, 0) is 37.2 Å². The molecule has 2 aliphatic carbocycles. The number of imidazole rings is 1. The first-order valence-electron chi connectivity index (χ1n) is 18.1. The van der Waals surface area contributed by atoms with Gasteiger partial charge in [-0.3, -0.25) is 19.3 Å². The van der Waals surface area contributed by atoms with Crippen LogP contribution >= 0.6 is 0 Å². The molecule has 2 aromatic carbocycles. The number of Topliss-reactive ketones (excluding diaryl/α,β-unsaturated/α-hetero) is 1. The number of fused-ring (bicyclic) bond motifs is 6. The minimum Gasteiger partial charge on any atom is -0.507 e. The molecule has 4 unspecified atom stereocenters. The van der Waals surface area contributed by atoms with Crippen molar-refractivity contribution in [2.45, 2.75) is 81.8 Å². The maximum absolute atomic E-state index is 14.0. The summed E-state index contributed by atoms with van der Waals surface area (Å²) in [5, 5.41) is 46.4. The Labute approximate surface area is 323 Å². The fourth-order valence-corrected chi connectivity index (χ4v) is 8.78. The number of benzene rings is 2. The number of carbonyl (C=O) groups excluding carboxylic acids is 4. The van der Waals surface area contributed by atoms with Crippen LogP contribution in [0.4, 0.5) is 10.7 Å². The van der Waals surface area contributed by atoms with Gasteiger partial charge < -0.3 is 53.9 Å². The van der Waals surface area contributed by atoms with Crippen molar-refractivity contribution in [2.75, 3.05) is 27.3 Å². The highest BCUT2D eigenvalue weighted by Gasteiger charge is 2.56. The largest absolute Gasteiger partial charge is 0.507 e. The molecule has 5 aliphatic rings. The molecule has 8 rings (SSSR count). The van der Waals surface area contributed by atoms with Crippen molar-refractivity contribution in [1.82, 2.24) is 19.4 Å². The molecule has 1 amide bonds. The van der Waals surface area contributed by atoms with Gasteiger partial charge in [0.25, 0.3) is 0 Å². The number of phenolic OH excluding ortho intramolecular Hbond substituents is 2. The molecule has 0 saturated carbocycles. The summed E-state index contributed by atoms with van der Waals surface area (Å²) in [6.45, 7) is 2.99. The minimum atomic E-state index is -2.09. The van der Waals surface area contributed by atoms with Crippen LogP contribution < -0.4 is 9.47 Å². The van der Waals surface area contributed by atoms with E-state index in [1.54, 1.807) is 6.92 Å². The zero-order valence-corrected chi connectivity index (χ0v) is 31.4. The fourth-order valence-electron chi connectivity index (χ4n) is 8.78. The number of hydrogen-bond acceptors (Lipinski definition) is 17. The normalized spacial score (nSPS) is 29.2. The number of ketones is 3. The number of methoxy groups -OCH3 is 2. The van der Waals surface area contributed by atoms with E-state index in [-0.39, 0.29) is 59.8 Å². The van der Waals surface area contributed by atoms with Gasteiger partial charge in [-0.15, -0.1) is 0 Å². The molecule has 0 spiro atoms. The Morgan fingerprint density at radius 2 is 1.81 bits per heavy atom. The lowest BCUT2D eigenvalue weighted by Gasteiger charge is -2.45. The number of aliphatic hydroxyl groups is 1. The van der Waals surface area contributed by atoms with Crippen LogP contribution in [0.1, 0.15) is 75.8 Å². The monoisotopic (exact) mass is 793 g/mol. The summed E-state index contributed by atoms with van der Waals surface area (Å²) in [5.41, 5.74) is -3.34. The molecule has 8 atom stereocenters. The first-order chi connectivity index (χ1) is 27.1. The smallest absolute Gasteiger partial charge is 0.437 e. The van der Waals surface area contributed by atoms with Crippen LogP contribution in [0.25, 0.3) is 0 Å². The van der Waals surface area contributed by atoms with Gasteiger partial charge in [0.2, 0.25) is 5.78 Å². The standard InChI is InChI=1S/C37H39N5O15/c1-15-34-19(41-23(53-5)13-40(14-24(41)56-34)36(48)57-22-12-38-35(39(22)3)42(50)51)9-25(54-15)55-21-11-37(49,16(2)43)10-18-27(21)33(47)29-28(31(18)45)30(44)17-7-6-8-20(52-4)26(17)32(29)46/h6-8,12,15,19,21,23-25,34,45,47,49H,9-11,13-14H2,1-5H3/t15-,19?,21-,23?,24?,25-,34?,37-/m0/s1. The van der Waals surface area contributed by atoms with Crippen molar-refractivity contribution in [3.63, 3.8) is 0 Å². The molecule has 302 valence electrons. The summed E-state index contributed by atoms with van der Waals surface area (Å²) in [7, 11) is 4.13. The van der Waals surface area contributed by atoms with Gasteiger partial charge in [-0.05, 0) is 24.8 Å². The van der Waals surface area contributed by atoms with E-state index in [0.29, 0.717) is 0 Å². The minimum absolute atomic E-state index is 0.0275. The summed E-state index contributed by atoms with van der Waals surface area (Å²) in [5.74, 6) is -4.02. The number of nitro groups is 1. The first kappa shape index (κ1) is 38.4. The Kier molecular flexibility index (Phi) is 9.32. The molecule has 20 nitrogen and oxygen atoms in total. The lowest BCUT2D eigenvalue weighted by atomic mass is 9.72. The number of aromatic nitrogens is 2. The molecule has 0 bridgehead atoms. The summed E-state index contributed by atoms with van der Waals surface area (Å²) in [6, 6.07) is 3.99. The van der Waals surface area contributed by atoms with Crippen LogP contribution in [0.5, 0.6) is 23.1 Å². The topological polar surface area (TPSA) is 252 Å². The molecule has 0 radical (unpaired) electrons. The number of ether oxygens (including phenoxy) is 6. The summed E-state index contributed by atoms with van der Waals surface area (Å²) in [4.78, 5) is 71.5. The number of nitrogens with zero attached hydrogens (tertiary/aromatic N) is 5. The number of hydrogen-bond donors (Lipinski definition) is 3. The summed E-state index contributed by atoms with van der Waals surface area (Å²) in [6.07, 6.45) is -5.42. The zero-order valence-electron chi connectivity index (χ0n) is 31.4. The van der Waals surface area contributed by atoms with Gasteiger partial charge in [-0.2, -0.15) is 4.57 Å². The van der Waals surface area contributed by atoms with E-state index in [1.165, 1.54) is 51.3 Å². The van der Waals surface area contributed by atoms with Gasteiger partial charge in [0, 0.05) is 49.1 Å². The Hall–Kier alpha value is -5.51. The number of carbonyl (C=O) groups is 4. The molecule has 57 heavy (non-hydrogen) atoms. The van der Waals surface area contributed by atoms with Crippen molar-refractivity contribution >= 4 is 29.4 Å². The summed E-state index contributed by atoms with van der Waals surface area (Å²) >= 11 is 0. The Morgan fingerprint density at radius 3 is 2.47 bits per heavy atom. The molecule has 1 aromatic heterocycles. The van der Waals surface area contributed by atoms with Gasteiger partial charge >= 0.3 is 17.9 Å². The molecule has 3 aromatic rings. The van der Waals surface area contributed by atoms with E-state index in [2.05, 4.69) is 4.98 Å². The van der Waals surface area contributed by atoms with Crippen molar-refractivity contribution in [2.24, 2.45) is 7.05 Å². The molecule has 3 aliphatic heterocycles. The van der Waals surface area contributed by atoms with E-state index in [0.717, 1.165) is 10.8 Å². The first-order valence-corrected chi connectivity index (χ1v) is 18.1. The predicted molar refractivity (Wildman–Crippen MR) is 189 cm³/mol. The number of amides is 1. The van der Waals surface area contributed by atoms with Crippen LogP contribution in [-0.4, -0.2) is 133 Å². The SMILES string of the molecule is COc1cccc2c1C(=O)c1c(O)c3c(c(O)c1C2=O)C[C@@](O)(C(C)=O)C[C@@H]3O[C@H]1CC2C(OC3CN(C(=O)Oc4cnc([N+](=O)[O-])n4C)CC(OC)N32)[C@H](C)O1. The third kappa shape index (κ3) is 5.93. The second kappa shape index (κ2) is 13.9. The van der Waals surface area contributed by atoms with Gasteiger partial charge in [-0.1, -0.05) is 17.1 Å². The van der Waals surface area contributed by atoms with Crippen molar-refractivity contribution in [3.05, 3.63) is 67.9 Å². The van der Waals surface area contributed by atoms with Crippen LogP contribution in [0.2, 0.25) is 0 Å².